The van der Waals surface area contributed by atoms with E-state index in [0.29, 0.717) is 10.9 Å². The Morgan fingerprint density at radius 1 is 1.23 bits per heavy atom. The Bertz CT molecular complexity index is 898. The lowest BCUT2D eigenvalue weighted by atomic mass is 9.68. The zero-order valence-corrected chi connectivity index (χ0v) is 19.0. The van der Waals surface area contributed by atoms with Crippen molar-refractivity contribution in [2.45, 2.75) is 58.6 Å². The Hall–Kier alpha value is -1.63. The second-order valence-electron chi connectivity index (χ2n) is 9.57. The Labute approximate surface area is 183 Å². The number of aliphatic hydroxyl groups is 1. The fraction of sp³-hybridized carbons (Fsp3) is 0.652. The summed E-state index contributed by atoms with van der Waals surface area (Å²) in [7, 11) is 0. The first-order valence-electron chi connectivity index (χ1n) is 11.1. The summed E-state index contributed by atoms with van der Waals surface area (Å²) < 4.78 is 0. The number of nitrogens with one attached hydrogen (secondary N) is 1. The van der Waals surface area contributed by atoms with Gasteiger partial charge in [-0.3, -0.25) is 14.8 Å². The second kappa shape index (κ2) is 8.48. The molecule has 0 spiro atoms. The summed E-state index contributed by atoms with van der Waals surface area (Å²) in [6, 6.07) is 3.67. The van der Waals surface area contributed by atoms with Crippen LogP contribution in [0.5, 0.6) is 0 Å². The quantitative estimate of drug-likeness (QED) is 0.749. The average Bonchev–Trinajstić information content (AvgIpc) is 3.43. The molecule has 2 aromatic rings. The van der Waals surface area contributed by atoms with E-state index in [1.807, 2.05) is 24.0 Å². The van der Waals surface area contributed by atoms with E-state index >= 15 is 0 Å². The van der Waals surface area contributed by atoms with Gasteiger partial charge in [0.05, 0.1) is 23.9 Å². The van der Waals surface area contributed by atoms with E-state index in [0.717, 1.165) is 55.5 Å². The maximum absolute atomic E-state index is 13.0. The summed E-state index contributed by atoms with van der Waals surface area (Å²) in [5.41, 5.74) is 1.28. The van der Waals surface area contributed by atoms with Gasteiger partial charge in [0.15, 0.2) is 0 Å². The molecule has 2 aliphatic heterocycles. The number of halogens is 1. The minimum Gasteiger partial charge on any atom is -0.388 e. The molecule has 2 unspecified atom stereocenters. The molecule has 2 saturated heterocycles. The lowest BCUT2D eigenvalue weighted by molar-refractivity contribution is -0.138. The van der Waals surface area contributed by atoms with Crippen LogP contribution < -0.4 is 0 Å². The van der Waals surface area contributed by atoms with Crippen LogP contribution in [0.1, 0.15) is 58.1 Å². The van der Waals surface area contributed by atoms with Crippen LogP contribution in [0.3, 0.4) is 0 Å². The molecule has 2 atom stereocenters. The van der Waals surface area contributed by atoms with Gasteiger partial charge in [-0.15, -0.1) is 0 Å². The molecular weight excluding hydrogens is 400 g/mol. The number of aromatic nitrogens is 2. The molecule has 6 nitrogen and oxygen atoms in total. The molecule has 4 rings (SSSR count). The van der Waals surface area contributed by atoms with Gasteiger partial charge in [-0.2, -0.15) is 5.10 Å². The summed E-state index contributed by atoms with van der Waals surface area (Å²) in [5, 5.41) is 20.0. The van der Waals surface area contributed by atoms with E-state index in [1.165, 1.54) is 12.8 Å². The van der Waals surface area contributed by atoms with Crippen molar-refractivity contribution in [3.05, 3.63) is 28.9 Å². The maximum Gasteiger partial charge on any atom is 0.239 e. The molecule has 0 radical (unpaired) electrons. The van der Waals surface area contributed by atoms with Crippen molar-refractivity contribution in [1.82, 2.24) is 20.0 Å². The molecule has 0 aliphatic carbocycles. The van der Waals surface area contributed by atoms with E-state index in [2.05, 4.69) is 28.9 Å². The predicted octanol–water partition coefficient (Wildman–Crippen LogP) is 4.00. The third kappa shape index (κ3) is 3.97. The van der Waals surface area contributed by atoms with Crippen molar-refractivity contribution in [3.63, 3.8) is 0 Å². The zero-order chi connectivity index (χ0) is 21.5. The molecule has 2 fully saturated rings. The Morgan fingerprint density at radius 2 is 1.90 bits per heavy atom. The molecule has 1 aromatic heterocycles. The zero-order valence-electron chi connectivity index (χ0n) is 18.2. The highest BCUT2D eigenvalue weighted by molar-refractivity contribution is 6.31. The van der Waals surface area contributed by atoms with Gasteiger partial charge in [0.25, 0.3) is 0 Å². The number of fused-ring (bicyclic) bond motifs is 1. The summed E-state index contributed by atoms with van der Waals surface area (Å²) >= 11 is 6.30. The van der Waals surface area contributed by atoms with E-state index in [1.54, 1.807) is 6.20 Å². The summed E-state index contributed by atoms with van der Waals surface area (Å²) in [6.07, 6.45) is 5.24. The van der Waals surface area contributed by atoms with Gasteiger partial charge in [-0.25, -0.2) is 0 Å². The van der Waals surface area contributed by atoms with Crippen molar-refractivity contribution >= 4 is 28.4 Å². The summed E-state index contributed by atoms with van der Waals surface area (Å²) in [5.74, 6) is 0.568. The third-order valence-corrected chi connectivity index (χ3v) is 7.67. The average molecular weight is 433 g/mol. The van der Waals surface area contributed by atoms with Crippen LogP contribution in [0.15, 0.2) is 18.3 Å². The van der Waals surface area contributed by atoms with Crippen LogP contribution in [0, 0.1) is 11.3 Å². The van der Waals surface area contributed by atoms with Crippen LogP contribution in [0.4, 0.5) is 0 Å². The largest absolute Gasteiger partial charge is 0.388 e. The van der Waals surface area contributed by atoms with Crippen molar-refractivity contribution in [3.8, 4) is 0 Å². The Morgan fingerprint density at radius 3 is 2.57 bits per heavy atom. The van der Waals surface area contributed by atoms with Crippen LogP contribution in [0.25, 0.3) is 10.9 Å². The van der Waals surface area contributed by atoms with Crippen molar-refractivity contribution in [2.75, 3.05) is 26.2 Å². The predicted molar refractivity (Wildman–Crippen MR) is 119 cm³/mol. The third-order valence-electron chi connectivity index (χ3n) is 7.45. The molecule has 3 heterocycles. The van der Waals surface area contributed by atoms with Gasteiger partial charge in [-0.05, 0) is 69.2 Å². The number of hydrogen-bond donors (Lipinski definition) is 2. The topological polar surface area (TPSA) is 72.5 Å². The van der Waals surface area contributed by atoms with E-state index in [9.17, 15) is 9.90 Å². The number of rotatable bonds is 5. The van der Waals surface area contributed by atoms with Crippen molar-refractivity contribution in [1.29, 1.82) is 0 Å². The normalized spacial score (nSPS) is 21.3. The van der Waals surface area contributed by atoms with Gasteiger partial charge in [-0.1, -0.05) is 25.4 Å². The molecule has 1 amide bonds. The van der Waals surface area contributed by atoms with Crippen LogP contribution >= 0.6 is 11.6 Å². The van der Waals surface area contributed by atoms with Crippen molar-refractivity contribution < 1.29 is 9.90 Å². The van der Waals surface area contributed by atoms with Crippen molar-refractivity contribution in [2.24, 2.45) is 11.3 Å². The smallest absolute Gasteiger partial charge is 0.239 e. The Balaban J connectivity index is 1.44. The molecule has 0 bridgehead atoms. The highest BCUT2D eigenvalue weighted by Crippen LogP contribution is 2.46. The molecule has 7 heteroatoms. The molecular formula is C23H33ClN4O2. The van der Waals surface area contributed by atoms with E-state index in [4.69, 9.17) is 11.6 Å². The van der Waals surface area contributed by atoms with Crippen LogP contribution in [-0.4, -0.2) is 63.2 Å². The van der Waals surface area contributed by atoms with Crippen LogP contribution in [0.2, 0.25) is 5.02 Å². The SMILES string of the molecule is CC(C(=O)N1CCC(C(C)(C)C(O)c2cc(Cl)cc3cn[nH]c23)CC1)N1CCCC1. The molecule has 1 aromatic carbocycles. The highest BCUT2D eigenvalue weighted by Gasteiger charge is 2.41. The number of benzene rings is 1. The highest BCUT2D eigenvalue weighted by atomic mass is 35.5. The molecule has 0 saturated carbocycles. The number of likely N-dealkylation sites (tertiary alicyclic amines) is 2. The first kappa shape index (κ1) is 21.6. The number of carbonyl (C=O) groups excluding carboxylic acids is 1. The first-order valence-corrected chi connectivity index (χ1v) is 11.5. The second-order valence-corrected chi connectivity index (χ2v) is 10.0. The number of nitrogens with zero attached hydrogens (tertiary/aromatic N) is 3. The van der Waals surface area contributed by atoms with Gasteiger partial charge < -0.3 is 10.0 Å². The van der Waals surface area contributed by atoms with Gasteiger partial charge in [0.2, 0.25) is 5.91 Å². The lowest BCUT2D eigenvalue weighted by Gasteiger charge is -2.44. The number of carbonyl (C=O) groups is 1. The van der Waals surface area contributed by atoms with Gasteiger partial charge in [0, 0.05) is 29.1 Å². The molecule has 164 valence electrons. The standard InChI is InChI=1S/C23H33ClN4O2/c1-15(27-8-4-5-9-27)22(30)28-10-6-17(7-11-28)23(2,3)21(29)19-13-18(24)12-16-14-25-26-20(16)19/h12-15,17,21,29H,4-11H2,1-3H3,(H,25,26). The molecule has 30 heavy (non-hydrogen) atoms. The maximum atomic E-state index is 13.0. The van der Waals surface area contributed by atoms with Gasteiger partial charge in [0.1, 0.15) is 0 Å². The fourth-order valence-electron chi connectivity index (χ4n) is 5.28. The molecule has 2 N–H and O–H groups in total. The van der Waals surface area contributed by atoms with E-state index < -0.39 is 6.10 Å². The number of piperidine rings is 1. The number of hydrogen-bond acceptors (Lipinski definition) is 4. The molecule has 2 aliphatic rings. The number of aliphatic hydroxyl groups excluding tert-OH is 1. The minimum absolute atomic E-state index is 0.0252. The van der Waals surface area contributed by atoms with Crippen LogP contribution in [-0.2, 0) is 4.79 Å². The summed E-state index contributed by atoms with van der Waals surface area (Å²) in [4.78, 5) is 17.3. The Kier molecular flexibility index (Phi) is 6.11. The number of H-pyrrole nitrogens is 1. The monoisotopic (exact) mass is 432 g/mol. The lowest BCUT2D eigenvalue weighted by Crippen LogP contribution is -2.50. The van der Waals surface area contributed by atoms with E-state index in [-0.39, 0.29) is 17.4 Å². The van der Waals surface area contributed by atoms with Gasteiger partial charge >= 0.3 is 0 Å². The fourth-order valence-corrected chi connectivity index (χ4v) is 5.52. The summed E-state index contributed by atoms with van der Waals surface area (Å²) in [6.45, 7) is 9.86. The minimum atomic E-state index is -0.671. The number of aromatic amines is 1. The first-order chi connectivity index (χ1) is 14.3. The number of amides is 1.